The maximum absolute atomic E-state index is 12.2. The van der Waals surface area contributed by atoms with Gasteiger partial charge in [0.25, 0.3) is 5.91 Å². The van der Waals surface area contributed by atoms with Crippen molar-refractivity contribution in [1.29, 1.82) is 5.26 Å². The number of halogens is 1. The molecule has 1 amide bonds. The molecule has 2 aromatic carbocycles. The standard InChI is InChI=1S/C18H16BrN3O3/c1-24-16-8-13(15(19)9-17(16)25-2)11-21-22-18(23)14(10-20)12-6-4-3-5-7-12/h3-9,11,14H,1-2H3,(H,22,23)/b21-11-/t14-/m1/s1. The number of ether oxygens (including phenoxy) is 2. The van der Waals surface area contributed by atoms with Gasteiger partial charge < -0.3 is 9.47 Å². The predicted octanol–water partition coefficient (Wildman–Crippen LogP) is 3.22. The van der Waals surface area contributed by atoms with Crippen LogP contribution >= 0.6 is 15.9 Å². The Morgan fingerprint density at radius 3 is 2.48 bits per heavy atom. The summed E-state index contributed by atoms with van der Waals surface area (Å²) < 4.78 is 11.2. The molecular formula is C18H16BrN3O3. The first-order valence-electron chi connectivity index (χ1n) is 7.29. The Kier molecular flexibility index (Phi) is 6.54. The van der Waals surface area contributed by atoms with E-state index < -0.39 is 11.8 Å². The maximum Gasteiger partial charge on any atom is 0.261 e. The zero-order valence-corrected chi connectivity index (χ0v) is 15.3. The van der Waals surface area contributed by atoms with Gasteiger partial charge in [0.1, 0.15) is 0 Å². The second kappa shape index (κ2) is 8.85. The van der Waals surface area contributed by atoms with Gasteiger partial charge in [-0.05, 0) is 33.6 Å². The van der Waals surface area contributed by atoms with Gasteiger partial charge in [-0.1, -0.05) is 30.3 Å². The van der Waals surface area contributed by atoms with Crippen LogP contribution in [0.25, 0.3) is 0 Å². The molecule has 0 aliphatic heterocycles. The number of nitriles is 1. The van der Waals surface area contributed by atoms with E-state index in [1.807, 2.05) is 12.1 Å². The SMILES string of the molecule is COc1cc(Br)c(/C=N\NC(=O)[C@H](C#N)c2ccccc2)cc1OC. The van der Waals surface area contributed by atoms with E-state index in [0.29, 0.717) is 22.6 Å². The molecule has 0 spiro atoms. The zero-order chi connectivity index (χ0) is 18.2. The predicted molar refractivity (Wildman–Crippen MR) is 97.8 cm³/mol. The fraction of sp³-hybridized carbons (Fsp3) is 0.167. The van der Waals surface area contributed by atoms with Gasteiger partial charge in [0.15, 0.2) is 17.4 Å². The van der Waals surface area contributed by atoms with Gasteiger partial charge >= 0.3 is 0 Å². The van der Waals surface area contributed by atoms with E-state index in [0.717, 1.165) is 4.47 Å². The first-order chi connectivity index (χ1) is 12.1. The average Bonchev–Trinajstić information content (AvgIpc) is 2.64. The monoisotopic (exact) mass is 401 g/mol. The summed E-state index contributed by atoms with van der Waals surface area (Å²) in [6, 6.07) is 14.3. The van der Waals surface area contributed by atoms with E-state index >= 15 is 0 Å². The average molecular weight is 402 g/mol. The largest absolute Gasteiger partial charge is 0.493 e. The molecule has 0 saturated heterocycles. The molecule has 1 atom stereocenters. The van der Waals surface area contributed by atoms with Crippen molar-refractivity contribution in [3.05, 3.63) is 58.1 Å². The smallest absolute Gasteiger partial charge is 0.261 e. The van der Waals surface area contributed by atoms with Crippen molar-refractivity contribution in [3.8, 4) is 17.6 Å². The number of nitrogens with zero attached hydrogens (tertiary/aromatic N) is 2. The van der Waals surface area contributed by atoms with Gasteiger partial charge in [-0.3, -0.25) is 4.79 Å². The molecule has 0 aliphatic rings. The van der Waals surface area contributed by atoms with Gasteiger partial charge in [-0.25, -0.2) is 5.43 Å². The maximum atomic E-state index is 12.2. The summed E-state index contributed by atoms with van der Waals surface area (Å²) in [4.78, 5) is 12.2. The van der Waals surface area contributed by atoms with Crippen molar-refractivity contribution < 1.29 is 14.3 Å². The fourth-order valence-corrected chi connectivity index (χ4v) is 2.55. The number of hydrogen-bond acceptors (Lipinski definition) is 5. The third kappa shape index (κ3) is 4.58. The van der Waals surface area contributed by atoms with Crippen molar-refractivity contribution in [3.63, 3.8) is 0 Å². The molecule has 0 unspecified atom stereocenters. The topological polar surface area (TPSA) is 83.7 Å². The van der Waals surface area contributed by atoms with Crippen LogP contribution in [0.2, 0.25) is 0 Å². The van der Waals surface area contributed by atoms with E-state index in [-0.39, 0.29) is 0 Å². The molecule has 6 nitrogen and oxygen atoms in total. The first kappa shape index (κ1) is 18.5. The minimum Gasteiger partial charge on any atom is -0.493 e. The molecule has 2 aromatic rings. The fourth-order valence-electron chi connectivity index (χ4n) is 2.13. The lowest BCUT2D eigenvalue weighted by atomic mass is 10.0. The molecular weight excluding hydrogens is 386 g/mol. The van der Waals surface area contributed by atoms with Crippen LogP contribution in [0.4, 0.5) is 0 Å². The van der Waals surface area contributed by atoms with E-state index in [1.165, 1.54) is 13.3 Å². The Morgan fingerprint density at radius 1 is 1.24 bits per heavy atom. The number of carbonyl (C=O) groups is 1. The van der Waals surface area contributed by atoms with Crippen molar-refractivity contribution in [2.75, 3.05) is 14.2 Å². The highest BCUT2D eigenvalue weighted by Crippen LogP contribution is 2.32. The molecule has 25 heavy (non-hydrogen) atoms. The van der Waals surface area contributed by atoms with Gasteiger partial charge in [0.2, 0.25) is 0 Å². The van der Waals surface area contributed by atoms with E-state index in [2.05, 4.69) is 26.5 Å². The van der Waals surface area contributed by atoms with Crippen LogP contribution in [-0.4, -0.2) is 26.3 Å². The molecule has 0 bridgehead atoms. The number of hydrogen-bond donors (Lipinski definition) is 1. The Hall–Kier alpha value is -2.85. The summed E-state index contributed by atoms with van der Waals surface area (Å²) in [5, 5.41) is 13.2. The van der Waals surface area contributed by atoms with Crippen molar-refractivity contribution in [1.82, 2.24) is 5.43 Å². The second-order valence-electron chi connectivity index (χ2n) is 4.94. The Labute approximate surface area is 154 Å². The molecule has 0 aliphatic carbocycles. The second-order valence-corrected chi connectivity index (χ2v) is 5.79. The highest BCUT2D eigenvalue weighted by atomic mass is 79.9. The van der Waals surface area contributed by atoms with Crippen LogP contribution < -0.4 is 14.9 Å². The molecule has 2 rings (SSSR count). The third-order valence-electron chi connectivity index (χ3n) is 3.41. The van der Waals surface area contributed by atoms with Gasteiger partial charge in [0, 0.05) is 10.0 Å². The molecule has 0 fully saturated rings. The Balaban J connectivity index is 2.13. The molecule has 0 heterocycles. The normalized spacial score (nSPS) is 11.6. The Bertz CT molecular complexity index is 816. The van der Waals surface area contributed by atoms with Gasteiger partial charge in [-0.15, -0.1) is 0 Å². The quantitative estimate of drug-likeness (QED) is 0.594. The minimum absolute atomic E-state index is 0.499. The van der Waals surface area contributed by atoms with Crippen molar-refractivity contribution in [2.24, 2.45) is 5.10 Å². The molecule has 0 radical (unpaired) electrons. The van der Waals surface area contributed by atoms with Crippen LogP contribution in [0.15, 0.2) is 52.0 Å². The van der Waals surface area contributed by atoms with Crippen LogP contribution in [0.5, 0.6) is 11.5 Å². The number of amides is 1. The summed E-state index contributed by atoms with van der Waals surface area (Å²) in [6.45, 7) is 0. The molecule has 1 N–H and O–H groups in total. The Morgan fingerprint density at radius 2 is 1.88 bits per heavy atom. The molecule has 0 saturated carbocycles. The number of nitrogens with one attached hydrogen (secondary N) is 1. The number of benzene rings is 2. The van der Waals surface area contributed by atoms with Gasteiger partial charge in [0.05, 0.1) is 26.5 Å². The van der Waals surface area contributed by atoms with E-state index in [4.69, 9.17) is 9.47 Å². The first-order valence-corrected chi connectivity index (χ1v) is 8.09. The van der Waals surface area contributed by atoms with E-state index in [9.17, 15) is 10.1 Å². The van der Waals surface area contributed by atoms with Crippen LogP contribution in [0, 0.1) is 11.3 Å². The number of carbonyl (C=O) groups excluding carboxylic acids is 1. The van der Waals surface area contributed by atoms with Crippen LogP contribution in [0.3, 0.4) is 0 Å². The summed E-state index contributed by atoms with van der Waals surface area (Å²) in [6.07, 6.45) is 1.46. The highest BCUT2D eigenvalue weighted by molar-refractivity contribution is 9.10. The lowest BCUT2D eigenvalue weighted by Crippen LogP contribution is -2.24. The van der Waals surface area contributed by atoms with Gasteiger partial charge in [-0.2, -0.15) is 10.4 Å². The minimum atomic E-state index is -0.924. The number of methoxy groups -OCH3 is 2. The molecule has 7 heteroatoms. The zero-order valence-electron chi connectivity index (χ0n) is 13.7. The van der Waals surface area contributed by atoms with E-state index in [1.54, 1.807) is 43.5 Å². The third-order valence-corrected chi connectivity index (χ3v) is 4.09. The highest BCUT2D eigenvalue weighted by Gasteiger charge is 2.19. The van der Waals surface area contributed by atoms with Crippen molar-refractivity contribution in [2.45, 2.75) is 5.92 Å². The summed E-state index contributed by atoms with van der Waals surface area (Å²) in [5.74, 6) is -0.310. The lowest BCUT2D eigenvalue weighted by Gasteiger charge is -2.10. The number of hydrazone groups is 1. The van der Waals surface area contributed by atoms with Crippen LogP contribution in [0.1, 0.15) is 17.0 Å². The summed E-state index contributed by atoms with van der Waals surface area (Å²) in [5.41, 5.74) is 3.69. The molecule has 128 valence electrons. The lowest BCUT2D eigenvalue weighted by molar-refractivity contribution is -0.121. The van der Waals surface area contributed by atoms with Crippen LogP contribution in [-0.2, 0) is 4.79 Å². The number of rotatable bonds is 6. The van der Waals surface area contributed by atoms with Crippen molar-refractivity contribution >= 4 is 28.1 Å². The summed E-state index contributed by atoms with van der Waals surface area (Å²) in [7, 11) is 3.08. The molecule has 0 aromatic heterocycles. The summed E-state index contributed by atoms with van der Waals surface area (Å²) >= 11 is 3.41.